The highest BCUT2D eigenvalue weighted by atomic mass is 32.2. The number of thioether (sulfide) groups is 1. The van der Waals surface area contributed by atoms with Crippen LogP contribution in [-0.2, 0) is 6.42 Å². The predicted octanol–water partition coefficient (Wildman–Crippen LogP) is 2.68. The van der Waals surface area contributed by atoms with Crippen LogP contribution in [0.3, 0.4) is 0 Å². The Bertz CT molecular complexity index is 405. The summed E-state index contributed by atoms with van der Waals surface area (Å²) in [5.41, 5.74) is 1.31. The van der Waals surface area contributed by atoms with Gasteiger partial charge in [-0.3, -0.25) is 4.90 Å². The Hall–Kier alpha value is -0.870. The second-order valence-electron chi connectivity index (χ2n) is 4.89. The molecule has 1 fully saturated rings. The lowest BCUT2D eigenvalue weighted by atomic mass is 10.1. The van der Waals surface area contributed by atoms with Crippen molar-refractivity contribution in [2.75, 3.05) is 38.8 Å². The van der Waals surface area contributed by atoms with E-state index >= 15 is 0 Å². The van der Waals surface area contributed by atoms with Gasteiger partial charge in [0.25, 0.3) is 0 Å². The van der Waals surface area contributed by atoms with Gasteiger partial charge in [-0.05, 0) is 31.0 Å². The maximum atomic E-state index is 5.36. The minimum Gasteiger partial charge on any atom is -0.493 e. The van der Waals surface area contributed by atoms with Gasteiger partial charge in [0.05, 0.1) is 14.2 Å². The van der Waals surface area contributed by atoms with E-state index in [0.717, 1.165) is 17.9 Å². The molecule has 3 nitrogen and oxygen atoms in total. The third-order valence-corrected chi connectivity index (χ3v) is 4.59. The standard InChI is InChI=1S/C15H23NO2S/c1-12(16-6-8-19-9-7-16)10-13-4-5-14(17-2)15(11-13)18-3/h4-5,11-12H,6-10H2,1-3H3. The Morgan fingerprint density at radius 3 is 2.47 bits per heavy atom. The van der Waals surface area contributed by atoms with Crippen molar-refractivity contribution in [1.82, 2.24) is 4.90 Å². The van der Waals surface area contributed by atoms with Crippen LogP contribution in [-0.4, -0.2) is 49.8 Å². The molecule has 0 spiro atoms. The Morgan fingerprint density at radius 2 is 1.84 bits per heavy atom. The molecule has 4 heteroatoms. The van der Waals surface area contributed by atoms with Gasteiger partial charge in [-0.25, -0.2) is 0 Å². The van der Waals surface area contributed by atoms with Gasteiger partial charge in [0.2, 0.25) is 0 Å². The van der Waals surface area contributed by atoms with Crippen molar-refractivity contribution >= 4 is 11.8 Å². The number of nitrogens with zero attached hydrogens (tertiary/aromatic N) is 1. The van der Waals surface area contributed by atoms with Crippen LogP contribution in [0, 0.1) is 0 Å². The first-order valence-electron chi connectivity index (χ1n) is 6.77. The van der Waals surface area contributed by atoms with E-state index in [4.69, 9.17) is 9.47 Å². The first-order chi connectivity index (χ1) is 9.24. The van der Waals surface area contributed by atoms with E-state index in [1.807, 2.05) is 6.07 Å². The van der Waals surface area contributed by atoms with E-state index in [1.54, 1.807) is 14.2 Å². The van der Waals surface area contributed by atoms with Crippen molar-refractivity contribution < 1.29 is 9.47 Å². The third-order valence-electron chi connectivity index (χ3n) is 3.65. The zero-order chi connectivity index (χ0) is 13.7. The molecule has 0 radical (unpaired) electrons. The monoisotopic (exact) mass is 281 g/mol. The summed E-state index contributed by atoms with van der Waals surface area (Å²) in [5, 5.41) is 0. The maximum Gasteiger partial charge on any atom is 0.160 e. The molecule has 1 aliphatic heterocycles. The van der Waals surface area contributed by atoms with E-state index < -0.39 is 0 Å². The van der Waals surface area contributed by atoms with Gasteiger partial charge < -0.3 is 9.47 Å². The first kappa shape index (κ1) is 14.5. The average Bonchev–Trinajstić information content (AvgIpc) is 2.48. The number of ether oxygens (including phenoxy) is 2. The van der Waals surface area contributed by atoms with Crippen LogP contribution in [0.15, 0.2) is 18.2 Å². The van der Waals surface area contributed by atoms with Crippen LogP contribution in [0.4, 0.5) is 0 Å². The molecule has 1 saturated heterocycles. The van der Waals surface area contributed by atoms with Crippen molar-refractivity contribution in [3.8, 4) is 11.5 Å². The minimum atomic E-state index is 0.582. The van der Waals surface area contributed by atoms with Gasteiger partial charge in [-0.15, -0.1) is 0 Å². The van der Waals surface area contributed by atoms with Gasteiger partial charge in [0, 0.05) is 30.6 Å². The zero-order valence-electron chi connectivity index (χ0n) is 12.0. The van der Waals surface area contributed by atoms with Crippen LogP contribution < -0.4 is 9.47 Å². The summed E-state index contributed by atoms with van der Waals surface area (Å²) >= 11 is 2.06. The van der Waals surface area contributed by atoms with Gasteiger partial charge in [-0.2, -0.15) is 11.8 Å². The summed E-state index contributed by atoms with van der Waals surface area (Å²) in [6, 6.07) is 6.80. The fraction of sp³-hybridized carbons (Fsp3) is 0.600. The molecule has 0 aromatic heterocycles. The lowest BCUT2D eigenvalue weighted by Crippen LogP contribution is -2.40. The van der Waals surface area contributed by atoms with Crippen LogP contribution >= 0.6 is 11.8 Å². The minimum absolute atomic E-state index is 0.582. The molecule has 0 aliphatic carbocycles. The van der Waals surface area contributed by atoms with Crippen molar-refractivity contribution in [3.63, 3.8) is 0 Å². The fourth-order valence-corrected chi connectivity index (χ4v) is 3.43. The topological polar surface area (TPSA) is 21.7 Å². The Balaban J connectivity index is 2.01. The second kappa shape index (κ2) is 7.06. The molecule has 0 amide bonds. The highest BCUT2D eigenvalue weighted by molar-refractivity contribution is 7.99. The van der Waals surface area contributed by atoms with E-state index in [1.165, 1.54) is 30.2 Å². The quantitative estimate of drug-likeness (QED) is 0.827. The molecule has 1 aromatic carbocycles. The Kier molecular flexibility index (Phi) is 5.40. The van der Waals surface area contributed by atoms with Crippen LogP contribution in [0.1, 0.15) is 12.5 Å². The van der Waals surface area contributed by atoms with Crippen LogP contribution in [0.25, 0.3) is 0 Å². The molecule has 19 heavy (non-hydrogen) atoms. The summed E-state index contributed by atoms with van der Waals surface area (Å²) < 4.78 is 10.6. The molecular formula is C15H23NO2S. The summed E-state index contributed by atoms with van der Waals surface area (Å²) in [6.07, 6.45) is 1.06. The highest BCUT2D eigenvalue weighted by Crippen LogP contribution is 2.28. The molecule has 1 aromatic rings. The second-order valence-corrected chi connectivity index (χ2v) is 6.12. The van der Waals surface area contributed by atoms with Gasteiger partial charge in [0.15, 0.2) is 11.5 Å². The molecule has 2 rings (SSSR count). The van der Waals surface area contributed by atoms with E-state index in [9.17, 15) is 0 Å². The van der Waals surface area contributed by atoms with Crippen LogP contribution in [0.5, 0.6) is 11.5 Å². The lowest BCUT2D eigenvalue weighted by Gasteiger charge is -2.32. The Morgan fingerprint density at radius 1 is 1.16 bits per heavy atom. The van der Waals surface area contributed by atoms with Crippen molar-refractivity contribution in [3.05, 3.63) is 23.8 Å². The lowest BCUT2D eigenvalue weighted by molar-refractivity contribution is 0.229. The normalized spacial score (nSPS) is 18.1. The van der Waals surface area contributed by atoms with Gasteiger partial charge in [0.1, 0.15) is 0 Å². The van der Waals surface area contributed by atoms with Gasteiger partial charge >= 0.3 is 0 Å². The number of hydrogen-bond donors (Lipinski definition) is 0. The Labute approximate surface area is 120 Å². The molecule has 0 saturated carbocycles. The maximum absolute atomic E-state index is 5.36. The predicted molar refractivity (Wildman–Crippen MR) is 81.6 cm³/mol. The zero-order valence-corrected chi connectivity index (χ0v) is 12.8. The number of benzene rings is 1. The van der Waals surface area contributed by atoms with Crippen molar-refractivity contribution in [1.29, 1.82) is 0 Å². The summed E-state index contributed by atoms with van der Waals surface area (Å²) in [6.45, 7) is 4.73. The molecule has 106 valence electrons. The van der Waals surface area contributed by atoms with Crippen LogP contribution in [0.2, 0.25) is 0 Å². The average molecular weight is 281 g/mol. The van der Waals surface area contributed by atoms with Crippen molar-refractivity contribution in [2.45, 2.75) is 19.4 Å². The summed E-state index contributed by atoms with van der Waals surface area (Å²) in [4.78, 5) is 2.58. The third kappa shape index (κ3) is 3.80. The molecule has 1 heterocycles. The molecule has 0 bridgehead atoms. The van der Waals surface area contributed by atoms with Crippen molar-refractivity contribution in [2.24, 2.45) is 0 Å². The molecular weight excluding hydrogens is 258 g/mol. The number of rotatable bonds is 5. The van der Waals surface area contributed by atoms with E-state index in [2.05, 4.69) is 35.7 Å². The smallest absolute Gasteiger partial charge is 0.160 e. The SMILES string of the molecule is COc1ccc(CC(C)N2CCSCC2)cc1OC. The fourth-order valence-electron chi connectivity index (χ4n) is 2.50. The summed E-state index contributed by atoms with van der Waals surface area (Å²) in [5.74, 6) is 4.14. The molecule has 0 N–H and O–H groups in total. The van der Waals surface area contributed by atoms with E-state index in [0.29, 0.717) is 6.04 Å². The number of hydrogen-bond acceptors (Lipinski definition) is 4. The highest BCUT2D eigenvalue weighted by Gasteiger charge is 2.17. The van der Waals surface area contributed by atoms with E-state index in [-0.39, 0.29) is 0 Å². The van der Waals surface area contributed by atoms with Gasteiger partial charge in [-0.1, -0.05) is 6.07 Å². The largest absolute Gasteiger partial charge is 0.493 e. The molecule has 1 atom stereocenters. The first-order valence-corrected chi connectivity index (χ1v) is 7.92. The number of methoxy groups -OCH3 is 2. The molecule has 1 unspecified atom stereocenters. The summed E-state index contributed by atoms with van der Waals surface area (Å²) in [7, 11) is 3.36. The molecule has 1 aliphatic rings.